The van der Waals surface area contributed by atoms with Gasteiger partial charge in [0, 0.05) is 13.0 Å². The van der Waals surface area contributed by atoms with Gasteiger partial charge in [0.25, 0.3) is 0 Å². The molecule has 0 saturated heterocycles. The average molecular weight is 300 g/mol. The highest BCUT2D eigenvalue weighted by molar-refractivity contribution is 7.89. The molecular weight excluding hydrogens is 280 g/mol. The van der Waals surface area contributed by atoms with Crippen molar-refractivity contribution in [3.63, 3.8) is 0 Å². The monoisotopic (exact) mass is 300 g/mol. The van der Waals surface area contributed by atoms with Gasteiger partial charge in [-0.3, -0.25) is 4.79 Å². The van der Waals surface area contributed by atoms with E-state index in [-0.39, 0.29) is 17.2 Å². The van der Waals surface area contributed by atoms with Crippen LogP contribution >= 0.6 is 0 Å². The van der Waals surface area contributed by atoms with Crippen LogP contribution in [0.1, 0.15) is 19.8 Å². The lowest BCUT2D eigenvalue weighted by Gasteiger charge is -2.16. The Labute approximate surface area is 119 Å². The van der Waals surface area contributed by atoms with Gasteiger partial charge in [0.15, 0.2) is 0 Å². The number of aliphatic carboxylic acids is 1. The molecule has 0 bridgehead atoms. The predicted octanol–water partition coefficient (Wildman–Crippen LogP) is 1.51. The third-order valence-electron chi connectivity index (χ3n) is 3.07. The number of sulfonamides is 1. The highest BCUT2D eigenvalue weighted by atomic mass is 32.2. The number of para-hydroxylation sites is 1. The van der Waals surface area contributed by atoms with Crippen LogP contribution < -0.4 is 10.0 Å². The lowest BCUT2D eigenvalue weighted by molar-refractivity contribution is -0.138. The van der Waals surface area contributed by atoms with Gasteiger partial charge in [0.1, 0.15) is 4.90 Å². The van der Waals surface area contributed by atoms with Gasteiger partial charge in [-0.1, -0.05) is 25.5 Å². The lowest BCUT2D eigenvalue weighted by Crippen LogP contribution is -2.22. The van der Waals surface area contributed by atoms with Crippen molar-refractivity contribution < 1.29 is 18.3 Å². The summed E-state index contributed by atoms with van der Waals surface area (Å²) < 4.78 is 26.0. The Balaban J connectivity index is 2.86. The predicted molar refractivity (Wildman–Crippen MR) is 77.2 cm³/mol. The fourth-order valence-electron chi connectivity index (χ4n) is 1.82. The minimum Gasteiger partial charge on any atom is -0.481 e. The van der Waals surface area contributed by atoms with Gasteiger partial charge in [-0.25, -0.2) is 13.1 Å². The standard InChI is InChI=1S/C13H20N2O4S/c1-3-10(8-13(16)17)9-15-11-6-4-5-7-12(11)20(18,19)14-2/h4-7,10,14-15H,3,8-9H2,1-2H3,(H,16,17). The molecule has 0 aliphatic heterocycles. The van der Waals surface area contributed by atoms with Crippen LogP contribution in [-0.2, 0) is 14.8 Å². The zero-order valence-electron chi connectivity index (χ0n) is 11.6. The Morgan fingerprint density at radius 3 is 2.55 bits per heavy atom. The first-order valence-corrected chi connectivity index (χ1v) is 7.87. The third kappa shape index (κ3) is 4.50. The van der Waals surface area contributed by atoms with Crippen molar-refractivity contribution in [2.24, 2.45) is 5.92 Å². The molecule has 0 saturated carbocycles. The van der Waals surface area contributed by atoms with E-state index in [2.05, 4.69) is 10.0 Å². The topological polar surface area (TPSA) is 95.5 Å². The van der Waals surface area contributed by atoms with Gasteiger partial charge in [-0.15, -0.1) is 0 Å². The number of hydrogen-bond acceptors (Lipinski definition) is 4. The fraction of sp³-hybridized carbons (Fsp3) is 0.462. The Kier molecular flexibility index (Phi) is 5.97. The maximum absolute atomic E-state index is 11.9. The highest BCUT2D eigenvalue weighted by Crippen LogP contribution is 2.21. The van der Waals surface area contributed by atoms with E-state index in [1.54, 1.807) is 18.2 Å². The Hall–Kier alpha value is -1.60. The second-order valence-electron chi connectivity index (χ2n) is 4.46. The molecule has 7 heteroatoms. The third-order valence-corrected chi connectivity index (χ3v) is 4.54. The van der Waals surface area contributed by atoms with Crippen molar-refractivity contribution in [2.75, 3.05) is 18.9 Å². The molecule has 1 rings (SSSR count). The molecule has 0 amide bonds. The molecular formula is C13H20N2O4S. The number of carboxylic acid groups (broad SMARTS) is 1. The summed E-state index contributed by atoms with van der Waals surface area (Å²) in [5.74, 6) is -0.896. The number of anilines is 1. The first-order chi connectivity index (χ1) is 9.40. The first-order valence-electron chi connectivity index (χ1n) is 6.39. The van der Waals surface area contributed by atoms with Crippen molar-refractivity contribution in [3.8, 4) is 0 Å². The van der Waals surface area contributed by atoms with Gasteiger partial charge >= 0.3 is 5.97 Å². The van der Waals surface area contributed by atoms with Crippen LogP contribution in [0.15, 0.2) is 29.2 Å². The van der Waals surface area contributed by atoms with Crippen LogP contribution in [-0.4, -0.2) is 33.1 Å². The SMILES string of the molecule is CCC(CNc1ccccc1S(=O)(=O)NC)CC(=O)O. The van der Waals surface area contributed by atoms with Crippen molar-refractivity contribution >= 4 is 21.7 Å². The highest BCUT2D eigenvalue weighted by Gasteiger charge is 2.17. The summed E-state index contributed by atoms with van der Waals surface area (Å²) in [5.41, 5.74) is 0.477. The minimum atomic E-state index is -3.54. The maximum atomic E-state index is 11.9. The molecule has 0 aliphatic carbocycles. The fourth-order valence-corrected chi connectivity index (χ4v) is 2.73. The summed E-state index contributed by atoms with van der Waals surface area (Å²) in [7, 11) is -2.18. The Bertz CT molecular complexity index is 557. The molecule has 0 aliphatic rings. The van der Waals surface area contributed by atoms with Crippen LogP contribution in [0.4, 0.5) is 5.69 Å². The van der Waals surface area contributed by atoms with Crippen molar-refractivity contribution in [1.29, 1.82) is 0 Å². The molecule has 1 atom stereocenters. The van der Waals surface area contributed by atoms with Crippen LogP contribution in [0.3, 0.4) is 0 Å². The van der Waals surface area contributed by atoms with E-state index in [1.807, 2.05) is 6.92 Å². The quantitative estimate of drug-likeness (QED) is 0.676. The number of carbonyl (C=O) groups is 1. The Morgan fingerprint density at radius 2 is 2.00 bits per heavy atom. The zero-order chi connectivity index (χ0) is 15.2. The molecule has 1 aromatic rings. The van der Waals surface area contributed by atoms with Gasteiger partial charge < -0.3 is 10.4 Å². The molecule has 1 unspecified atom stereocenters. The molecule has 0 spiro atoms. The summed E-state index contributed by atoms with van der Waals surface area (Å²) in [6.07, 6.45) is 0.769. The molecule has 0 radical (unpaired) electrons. The van der Waals surface area contributed by atoms with Crippen molar-refractivity contribution in [3.05, 3.63) is 24.3 Å². The van der Waals surface area contributed by atoms with Gasteiger partial charge in [-0.05, 0) is 25.1 Å². The second kappa shape index (κ2) is 7.25. The Morgan fingerprint density at radius 1 is 1.35 bits per heavy atom. The number of benzene rings is 1. The van der Waals surface area contributed by atoms with Gasteiger partial charge in [-0.2, -0.15) is 0 Å². The molecule has 3 N–H and O–H groups in total. The van der Waals surface area contributed by atoms with Gasteiger partial charge in [0.2, 0.25) is 10.0 Å². The zero-order valence-corrected chi connectivity index (χ0v) is 12.4. The number of rotatable bonds is 8. The number of nitrogens with one attached hydrogen (secondary N) is 2. The lowest BCUT2D eigenvalue weighted by atomic mass is 10.0. The van der Waals surface area contributed by atoms with E-state index in [0.29, 0.717) is 18.7 Å². The summed E-state index contributed by atoms with van der Waals surface area (Å²) in [6, 6.07) is 6.54. The van der Waals surface area contributed by atoms with Crippen molar-refractivity contribution in [1.82, 2.24) is 4.72 Å². The van der Waals surface area contributed by atoms with Crippen LogP contribution in [0.25, 0.3) is 0 Å². The summed E-state index contributed by atoms with van der Waals surface area (Å²) in [4.78, 5) is 10.9. The van der Waals surface area contributed by atoms with E-state index >= 15 is 0 Å². The minimum absolute atomic E-state index is 0.0437. The summed E-state index contributed by atoms with van der Waals surface area (Å²) in [6.45, 7) is 2.32. The molecule has 0 fully saturated rings. The average Bonchev–Trinajstić information content (AvgIpc) is 2.43. The normalized spacial score (nSPS) is 12.9. The van der Waals surface area contributed by atoms with Crippen LogP contribution in [0.5, 0.6) is 0 Å². The van der Waals surface area contributed by atoms with Crippen LogP contribution in [0, 0.1) is 5.92 Å². The van der Waals surface area contributed by atoms with Gasteiger partial charge in [0.05, 0.1) is 5.69 Å². The van der Waals surface area contributed by atoms with Crippen LogP contribution in [0.2, 0.25) is 0 Å². The first kappa shape index (κ1) is 16.5. The maximum Gasteiger partial charge on any atom is 0.303 e. The summed E-state index contributed by atoms with van der Waals surface area (Å²) >= 11 is 0. The molecule has 1 aromatic carbocycles. The largest absolute Gasteiger partial charge is 0.481 e. The second-order valence-corrected chi connectivity index (χ2v) is 6.31. The molecule has 20 heavy (non-hydrogen) atoms. The molecule has 6 nitrogen and oxygen atoms in total. The van der Waals surface area contributed by atoms with E-state index in [4.69, 9.17) is 5.11 Å². The van der Waals surface area contributed by atoms with E-state index in [0.717, 1.165) is 0 Å². The number of hydrogen-bond donors (Lipinski definition) is 3. The van der Waals surface area contributed by atoms with E-state index in [9.17, 15) is 13.2 Å². The number of carboxylic acids is 1. The molecule has 0 aromatic heterocycles. The van der Waals surface area contributed by atoms with E-state index < -0.39 is 16.0 Å². The molecule has 112 valence electrons. The van der Waals surface area contributed by atoms with Crippen molar-refractivity contribution in [2.45, 2.75) is 24.7 Å². The summed E-state index contributed by atoms with van der Waals surface area (Å²) in [5, 5.41) is 11.8. The smallest absolute Gasteiger partial charge is 0.303 e. The molecule has 0 heterocycles. The van der Waals surface area contributed by atoms with E-state index in [1.165, 1.54) is 13.1 Å².